The van der Waals surface area contributed by atoms with Crippen LogP contribution < -0.4 is 0 Å². The van der Waals surface area contributed by atoms with Gasteiger partial charge in [-0.25, -0.2) is 5.21 Å². The average molecular weight is 201 g/mol. The number of aromatic amines is 4. The van der Waals surface area contributed by atoms with Crippen molar-refractivity contribution in [3.63, 3.8) is 0 Å². The molecule has 0 spiro atoms. The fourth-order valence-corrected chi connectivity index (χ4v) is 0.708. The normalized spacial score (nSPS) is 8.67. The lowest BCUT2D eigenvalue weighted by atomic mass is 10.8. The summed E-state index contributed by atoms with van der Waals surface area (Å²) in [4.78, 5) is 0. The van der Waals surface area contributed by atoms with E-state index in [1.165, 1.54) is 6.20 Å². The molecule has 0 radical (unpaired) electrons. The van der Waals surface area contributed by atoms with Crippen LogP contribution in [0, 0.1) is 9.28 Å². The maximum absolute atomic E-state index is 4.66. The quantitative estimate of drug-likeness (QED) is 0.488. The fourth-order valence-electron chi connectivity index (χ4n) is 0.482. The molecule has 2 aromatic heterocycles. The fraction of sp³-hybridized carbons (Fsp3) is 0. The van der Waals surface area contributed by atoms with E-state index in [4.69, 9.17) is 0 Å². The van der Waals surface area contributed by atoms with Crippen molar-refractivity contribution < 1.29 is 0 Å². The van der Waals surface area contributed by atoms with Crippen LogP contribution in [-0.4, -0.2) is 25.6 Å². The minimum absolute atomic E-state index is 0.634. The minimum atomic E-state index is 0.634. The molecule has 0 fully saturated rings. The summed E-state index contributed by atoms with van der Waals surface area (Å²) >= 11 is 9.25. The third kappa shape index (κ3) is 3.26. The second-order valence-electron chi connectivity index (χ2n) is 1.83. The van der Waals surface area contributed by atoms with Crippen LogP contribution in [0.3, 0.4) is 0 Å². The molecule has 12 heavy (non-hydrogen) atoms. The van der Waals surface area contributed by atoms with Crippen molar-refractivity contribution in [2.24, 2.45) is 0 Å². The summed E-state index contributed by atoms with van der Waals surface area (Å²) < 4.78 is 1.38. The van der Waals surface area contributed by atoms with Crippen molar-refractivity contribution in [1.29, 1.82) is 0 Å². The van der Waals surface area contributed by atoms with Crippen LogP contribution in [0.5, 0.6) is 0 Å². The summed E-state index contributed by atoms with van der Waals surface area (Å²) in [6.07, 6.45) is 3.29. The van der Waals surface area contributed by atoms with E-state index in [0.717, 1.165) is 4.64 Å². The Morgan fingerprint density at radius 3 is 2.17 bits per heavy atom. The second kappa shape index (κ2) is 4.62. The highest BCUT2D eigenvalue weighted by Gasteiger charge is 1.66. The van der Waals surface area contributed by atoms with Gasteiger partial charge in [0.05, 0.1) is 6.20 Å². The van der Waals surface area contributed by atoms with Gasteiger partial charge in [0.15, 0.2) is 0 Å². The summed E-state index contributed by atoms with van der Waals surface area (Å²) in [6.45, 7) is 0. The minimum Gasteiger partial charge on any atom is -0.307 e. The summed E-state index contributed by atoms with van der Waals surface area (Å²) in [5.74, 6) is 0. The number of rotatable bonds is 0. The third-order valence-corrected chi connectivity index (χ3v) is 1.38. The Morgan fingerprint density at radius 1 is 1.17 bits per heavy atom. The molecular weight excluding hydrogens is 194 g/mol. The molecule has 0 saturated carbocycles. The Kier molecular flexibility index (Phi) is 3.42. The standard InChI is InChI=1S/C3H4N2S.C2H3N3S/c6-3-1-2-4-5-3;6-2-1-3-5-4-2/h1-2H,(H2,4,5,6);1H,(H2,3,4,5,6). The van der Waals surface area contributed by atoms with Gasteiger partial charge in [0.2, 0.25) is 0 Å². The monoisotopic (exact) mass is 201 g/mol. The van der Waals surface area contributed by atoms with Crippen molar-refractivity contribution in [2.75, 3.05) is 0 Å². The first-order valence-corrected chi connectivity index (χ1v) is 3.91. The molecule has 0 aliphatic heterocycles. The molecule has 2 rings (SSSR count). The molecular formula is C5H7N5S2. The van der Waals surface area contributed by atoms with Gasteiger partial charge >= 0.3 is 0 Å². The van der Waals surface area contributed by atoms with Gasteiger partial charge in [-0.05, 0) is 6.07 Å². The topological polar surface area (TPSA) is 76.0 Å². The van der Waals surface area contributed by atoms with E-state index in [1.54, 1.807) is 12.3 Å². The third-order valence-electron chi connectivity index (χ3n) is 0.939. The molecule has 64 valence electrons. The van der Waals surface area contributed by atoms with E-state index >= 15 is 0 Å². The maximum Gasteiger partial charge on any atom is 0.139 e. The molecule has 0 aliphatic rings. The first-order chi connectivity index (χ1) is 5.79. The van der Waals surface area contributed by atoms with Gasteiger partial charge in [0, 0.05) is 6.20 Å². The number of nitrogens with zero attached hydrogens (tertiary/aromatic N) is 1. The molecule has 0 saturated heterocycles. The Balaban J connectivity index is 0.000000120. The Labute approximate surface area is 78.2 Å². The van der Waals surface area contributed by atoms with Crippen molar-refractivity contribution in [2.45, 2.75) is 0 Å². The summed E-state index contributed by atoms with van der Waals surface area (Å²) in [6, 6.07) is 1.79. The van der Waals surface area contributed by atoms with Gasteiger partial charge in [0.1, 0.15) is 9.28 Å². The number of hydrogen-bond donors (Lipinski definition) is 4. The smallest absolute Gasteiger partial charge is 0.139 e. The Morgan fingerprint density at radius 2 is 2.00 bits per heavy atom. The zero-order chi connectivity index (χ0) is 8.81. The number of H-pyrrole nitrogens is 4. The molecule has 5 nitrogen and oxygen atoms in total. The van der Waals surface area contributed by atoms with Crippen LogP contribution >= 0.6 is 24.4 Å². The molecule has 2 heterocycles. The zero-order valence-electron chi connectivity index (χ0n) is 6.00. The van der Waals surface area contributed by atoms with Crippen LogP contribution in [0.15, 0.2) is 18.5 Å². The second-order valence-corrected chi connectivity index (χ2v) is 2.71. The van der Waals surface area contributed by atoms with Gasteiger partial charge in [-0.1, -0.05) is 24.4 Å². The van der Waals surface area contributed by atoms with Crippen molar-refractivity contribution in [3.8, 4) is 0 Å². The molecule has 0 unspecified atom stereocenters. The van der Waals surface area contributed by atoms with Crippen LogP contribution in [0.25, 0.3) is 0 Å². The van der Waals surface area contributed by atoms with Gasteiger partial charge in [-0.2, -0.15) is 5.10 Å². The molecule has 0 aromatic carbocycles. The van der Waals surface area contributed by atoms with E-state index in [2.05, 4.69) is 50.0 Å². The molecule has 0 bridgehead atoms. The van der Waals surface area contributed by atoms with Crippen LogP contribution in [0.4, 0.5) is 0 Å². The van der Waals surface area contributed by atoms with E-state index in [1.807, 2.05) is 0 Å². The highest BCUT2D eigenvalue weighted by atomic mass is 32.1. The highest BCUT2D eigenvalue weighted by Crippen LogP contribution is 1.75. The highest BCUT2D eigenvalue weighted by molar-refractivity contribution is 7.71. The van der Waals surface area contributed by atoms with Crippen molar-refractivity contribution in [3.05, 3.63) is 27.7 Å². The summed E-state index contributed by atoms with van der Waals surface area (Å²) in [5.41, 5.74) is 0. The van der Waals surface area contributed by atoms with Gasteiger partial charge < -0.3 is 5.10 Å². The van der Waals surface area contributed by atoms with Crippen LogP contribution in [0.2, 0.25) is 0 Å². The van der Waals surface area contributed by atoms with Crippen LogP contribution in [0.1, 0.15) is 0 Å². The Hall–Kier alpha value is -1.21. The van der Waals surface area contributed by atoms with E-state index in [-0.39, 0.29) is 0 Å². The van der Waals surface area contributed by atoms with Gasteiger partial charge in [-0.15, -0.1) is 0 Å². The zero-order valence-corrected chi connectivity index (χ0v) is 7.63. The van der Waals surface area contributed by atoms with E-state index < -0.39 is 0 Å². The van der Waals surface area contributed by atoms with Gasteiger partial charge in [0.25, 0.3) is 0 Å². The summed E-state index contributed by atoms with van der Waals surface area (Å²) in [7, 11) is 0. The van der Waals surface area contributed by atoms with Crippen molar-refractivity contribution >= 4 is 24.4 Å². The lowest BCUT2D eigenvalue weighted by Crippen LogP contribution is -1.63. The number of aromatic nitrogens is 5. The molecule has 4 N–H and O–H groups in total. The predicted molar refractivity (Wildman–Crippen MR) is 49.7 cm³/mol. The van der Waals surface area contributed by atoms with Crippen LogP contribution in [-0.2, 0) is 0 Å². The maximum atomic E-state index is 4.66. The lowest BCUT2D eigenvalue weighted by molar-refractivity contribution is 0.937. The largest absolute Gasteiger partial charge is 0.307 e. The van der Waals surface area contributed by atoms with E-state index in [0.29, 0.717) is 4.64 Å². The lowest BCUT2D eigenvalue weighted by Gasteiger charge is -1.58. The molecule has 0 aliphatic carbocycles. The Bertz CT molecular complexity index is 334. The number of nitrogens with one attached hydrogen (secondary N) is 4. The molecule has 2 aromatic rings. The molecule has 0 amide bonds. The average Bonchev–Trinajstić information content (AvgIpc) is 2.63. The summed E-state index contributed by atoms with van der Waals surface area (Å²) in [5, 5.41) is 14.0. The van der Waals surface area contributed by atoms with Crippen molar-refractivity contribution in [1.82, 2.24) is 25.6 Å². The number of hydrogen-bond acceptors (Lipinski definition) is 3. The van der Waals surface area contributed by atoms with Gasteiger partial charge in [-0.3, -0.25) is 10.2 Å². The molecule has 0 atom stereocenters. The molecule has 7 heteroatoms. The first kappa shape index (κ1) is 8.88. The SMILES string of the molecule is S=c1cc[nH][nH]1.S=c1cn[nH][nH]1. The van der Waals surface area contributed by atoms with E-state index in [9.17, 15) is 0 Å². The first-order valence-electron chi connectivity index (χ1n) is 3.09. The predicted octanol–water partition coefficient (Wildman–Crippen LogP) is 1.54.